The Morgan fingerprint density at radius 2 is 1.83 bits per heavy atom. The lowest BCUT2D eigenvalue weighted by molar-refractivity contribution is -0.384. The van der Waals surface area contributed by atoms with E-state index in [2.05, 4.69) is 4.90 Å². The van der Waals surface area contributed by atoms with E-state index in [1.165, 1.54) is 19.2 Å². The van der Waals surface area contributed by atoms with Gasteiger partial charge in [0.1, 0.15) is 11.3 Å². The Morgan fingerprint density at radius 3 is 2.51 bits per heavy atom. The number of morpholine rings is 1. The highest BCUT2D eigenvalue weighted by atomic mass is 16.6. The topological polar surface area (TPSA) is 115 Å². The number of nitrogens with zero attached hydrogens (tertiary/aromatic N) is 3. The molecule has 2 aromatic carbocycles. The fourth-order valence-corrected chi connectivity index (χ4v) is 4.77. The number of carbonyl (C=O) groups is 1. The molecule has 1 saturated heterocycles. The van der Waals surface area contributed by atoms with Crippen LogP contribution in [0.3, 0.4) is 0 Å². The highest BCUT2D eigenvalue weighted by Gasteiger charge is 2.42. The van der Waals surface area contributed by atoms with Crippen molar-refractivity contribution >= 4 is 22.6 Å². The molecule has 10 nitrogen and oxygen atoms in total. The third-order valence-corrected chi connectivity index (χ3v) is 6.57. The van der Waals surface area contributed by atoms with Crippen LogP contribution in [0.1, 0.15) is 34.1 Å². The monoisotopic (exact) mass is 479 g/mol. The summed E-state index contributed by atoms with van der Waals surface area (Å²) in [6.45, 7) is 4.25. The van der Waals surface area contributed by atoms with Crippen molar-refractivity contribution < 1.29 is 23.6 Å². The summed E-state index contributed by atoms with van der Waals surface area (Å²) in [7, 11) is 1.51. The van der Waals surface area contributed by atoms with Gasteiger partial charge in [-0.3, -0.25) is 24.6 Å². The van der Waals surface area contributed by atoms with Crippen LogP contribution in [-0.4, -0.2) is 67.1 Å². The highest BCUT2D eigenvalue weighted by molar-refractivity contribution is 5.99. The molecule has 1 unspecified atom stereocenters. The van der Waals surface area contributed by atoms with Crippen LogP contribution >= 0.6 is 0 Å². The van der Waals surface area contributed by atoms with Crippen LogP contribution in [0, 0.1) is 10.1 Å². The van der Waals surface area contributed by atoms with Crippen LogP contribution < -0.4 is 10.2 Å². The predicted molar refractivity (Wildman–Crippen MR) is 127 cm³/mol. The molecule has 1 fully saturated rings. The van der Waals surface area contributed by atoms with Crippen molar-refractivity contribution in [3.05, 3.63) is 79.7 Å². The number of methoxy groups -OCH3 is 1. The van der Waals surface area contributed by atoms with Gasteiger partial charge in [-0.2, -0.15) is 0 Å². The molecule has 1 aromatic heterocycles. The summed E-state index contributed by atoms with van der Waals surface area (Å²) in [6, 6.07) is 10.2. The van der Waals surface area contributed by atoms with Crippen molar-refractivity contribution in [2.24, 2.45) is 0 Å². The van der Waals surface area contributed by atoms with Gasteiger partial charge in [-0.1, -0.05) is 0 Å². The highest BCUT2D eigenvalue weighted by Crippen LogP contribution is 2.39. The van der Waals surface area contributed by atoms with Crippen LogP contribution in [0.25, 0.3) is 11.0 Å². The molecule has 5 rings (SSSR count). The maximum atomic E-state index is 13.6. The number of rotatable bonds is 7. The van der Waals surface area contributed by atoms with Crippen LogP contribution in [0.4, 0.5) is 5.69 Å². The molecule has 0 spiro atoms. The summed E-state index contributed by atoms with van der Waals surface area (Å²) >= 11 is 0. The number of non-ortho nitro benzene ring substituents is 1. The molecule has 2 aliphatic rings. The maximum absolute atomic E-state index is 13.6. The van der Waals surface area contributed by atoms with Crippen LogP contribution in [0.15, 0.2) is 51.7 Å². The van der Waals surface area contributed by atoms with E-state index < -0.39 is 11.0 Å². The van der Waals surface area contributed by atoms with Gasteiger partial charge in [0.15, 0.2) is 5.43 Å². The zero-order valence-electron chi connectivity index (χ0n) is 19.3. The van der Waals surface area contributed by atoms with E-state index in [1.807, 2.05) is 0 Å². The summed E-state index contributed by atoms with van der Waals surface area (Å²) in [4.78, 5) is 41.7. The van der Waals surface area contributed by atoms with Crippen molar-refractivity contribution in [3.8, 4) is 5.75 Å². The smallest absolute Gasteiger partial charge is 0.290 e. The number of hydrogen-bond donors (Lipinski definition) is 0. The Labute approximate surface area is 200 Å². The zero-order chi connectivity index (χ0) is 24.5. The number of fused-ring (bicyclic) bond motifs is 2. The van der Waals surface area contributed by atoms with E-state index in [4.69, 9.17) is 13.9 Å². The van der Waals surface area contributed by atoms with Crippen LogP contribution in [0.5, 0.6) is 5.75 Å². The van der Waals surface area contributed by atoms with Gasteiger partial charge >= 0.3 is 0 Å². The number of ether oxygens (including phenoxy) is 2. The minimum Gasteiger partial charge on any atom is -0.497 e. The molecular formula is C25H25N3O7. The second kappa shape index (κ2) is 9.47. The first kappa shape index (κ1) is 23.0. The second-order valence-corrected chi connectivity index (χ2v) is 8.59. The quantitative estimate of drug-likeness (QED) is 0.375. The first-order valence-corrected chi connectivity index (χ1v) is 11.5. The van der Waals surface area contributed by atoms with Crippen molar-refractivity contribution in [1.82, 2.24) is 9.80 Å². The van der Waals surface area contributed by atoms with E-state index in [0.717, 1.165) is 19.6 Å². The summed E-state index contributed by atoms with van der Waals surface area (Å²) in [6.07, 6.45) is 0.699. The molecule has 0 radical (unpaired) electrons. The molecule has 0 N–H and O–H groups in total. The molecule has 182 valence electrons. The van der Waals surface area contributed by atoms with Crippen LogP contribution in [-0.2, 0) is 4.74 Å². The Kier molecular flexibility index (Phi) is 6.23. The Bertz CT molecular complexity index is 1330. The summed E-state index contributed by atoms with van der Waals surface area (Å²) in [5.41, 5.74) is 0.798. The number of hydrogen-bond acceptors (Lipinski definition) is 8. The maximum Gasteiger partial charge on any atom is 0.290 e. The van der Waals surface area contributed by atoms with Crippen molar-refractivity contribution in [1.29, 1.82) is 0 Å². The Balaban J connectivity index is 1.54. The molecule has 1 atom stereocenters. The molecule has 10 heteroatoms. The van der Waals surface area contributed by atoms with E-state index >= 15 is 0 Å². The van der Waals surface area contributed by atoms with Crippen molar-refractivity contribution in [3.63, 3.8) is 0 Å². The van der Waals surface area contributed by atoms with Gasteiger partial charge < -0.3 is 18.8 Å². The minimum atomic E-state index is -0.689. The van der Waals surface area contributed by atoms with Gasteiger partial charge in [0.2, 0.25) is 5.76 Å². The van der Waals surface area contributed by atoms with Gasteiger partial charge in [-0.05, 0) is 36.2 Å². The Morgan fingerprint density at radius 1 is 1.09 bits per heavy atom. The zero-order valence-corrected chi connectivity index (χ0v) is 19.3. The lowest BCUT2D eigenvalue weighted by Crippen LogP contribution is -2.38. The lowest BCUT2D eigenvalue weighted by Gasteiger charge is -2.29. The molecule has 0 bridgehead atoms. The van der Waals surface area contributed by atoms with Gasteiger partial charge in [0.05, 0.1) is 42.2 Å². The lowest BCUT2D eigenvalue weighted by atomic mass is 9.98. The molecule has 0 saturated carbocycles. The third kappa shape index (κ3) is 4.26. The van der Waals surface area contributed by atoms with Gasteiger partial charge in [0, 0.05) is 44.4 Å². The summed E-state index contributed by atoms with van der Waals surface area (Å²) < 4.78 is 16.6. The van der Waals surface area contributed by atoms with Gasteiger partial charge in [-0.25, -0.2) is 0 Å². The van der Waals surface area contributed by atoms with E-state index in [-0.39, 0.29) is 33.9 Å². The molecule has 0 aliphatic carbocycles. The fraction of sp³-hybridized carbons (Fsp3) is 0.360. The molecule has 35 heavy (non-hydrogen) atoms. The normalized spacial score (nSPS) is 18.1. The van der Waals surface area contributed by atoms with Gasteiger partial charge in [-0.15, -0.1) is 0 Å². The van der Waals surface area contributed by atoms with E-state index in [1.54, 1.807) is 35.2 Å². The van der Waals surface area contributed by atoms with Crippen LogP contribution in [0.2, 0.25) is 0 Å². The Hall–Kier alpha value is -3.76. The van der Waals surface area contributed by atoms with E-state index in [0.29, 0.717) is 42.9 Å². The third-order valence-electron chi connectivity index (χ3n) is 6.57. The number of nitro benzene ring substituents is 1. The largest absolute Gasteiger partial charge is 0.497 e. The van der Waals surface area contributed by atoms with Gasteiger partial charge in [0.25, 0.3) is 11.6 Å². The molecule has 1 amide bonds. The number of carbonyl (C=O) groups excluding carboxylic acids is 1. The van der Waals surface area contributed by atoms with Crippen molar-refractivity contribution in [2.75, 3.05) is 46.5 Å². The average Bonchev–Trinajstić information content (AvgIpc) is 3.16. The summed E-state index contributed by atoms with van der Waals surface area (Å²) in [5, 5.41) is 11.5. The second-order valence-electron chi connectivity index (χ2n) is 8.59. The number of nitro groups is 1. The first-order chi connectivity index (χ1) is 17.0. The SMILES string of the molecule is COc1ccc2c(=O)c3c(oc2c1)C(=O)N(CCCN1CCOCC1)C3c1ccc([N+](=O)[O-])cc1. The fourth-order valence-electron chi connectivity index (χ4n) is 4.77. The predicted octanol–water partition coefficient (Wildman–Crippen LogP) is 2.98. The summed E-state index contributed by atoms with van der Waals surface area (Å²) in [5.74, 6) is 0.151. The molecule has 3 heterocycles. The molecule has 2 aliphatic heterocycles. The van der Waals surface area contributed by atoms with E-state index in [9.17, 15) is 19.7 Å². The number of amides is 1. The van der Waals surface area contributed by atoms with Crippen molar-refractivity contribution in [2.45, 2.75) is 12.5 Å². The number of benzene rings is 2. The molecule has 3 aromatic rings. The average molecular weight is 479 g/mol. The minimum absolute atomic E-state index is 0.00507. The standard InChI is InChI=1S/C25H25N3O7/c1-33-18-7-8-19-20(15-18)35-24-21(23(19)29)22(16-3-5-17(6-4-16)28(31)32)27(25(24)30)10-2-9-26-11-13-34-14-12-26/h3-8,15,22H,2,9-14H2,1H3. The first-order valence-electron chi connectivity index (χ1n) is 11.5. The molecular weight excluding hydrogens is 454 g/mol.